The van der Waals surface area contributed by atoms with Crippen molar-refractivity contribution in [2.75, 3.05) is 52.7 Å². The van der Waals surface area contributed by atoms with E-state index < -0.39 is 30.1 Å². The molecule has 0 atom stereocenters. The third-order valence-electron chi connectivity index (χ3n) is 10.1. The second kappa shape index (κ2) is 30.4. The average Bonchev–Trinajstić information content (AvgIpc) is 3.37. The van der Waals surface area contributed by atoms with Gasteiger partial charge in [0.2, 0.25) is 30.1 Å². The lowest BCUT2D eigenvalue weighted by Crippen LogP contribution is -2.27. The van der Waals surface area contributed by atoms with Crippen LogP contribution in [0.15, 0.2) is 171 Å². The Morgan fingerprint density at radius 1 is 0.486 bits per heavy atom. The summed E-state index contributed by atoms with van der Waals surface area (Å²) in [5.74, 6) is -1.07. The fourth-order valence-electron chi connectivity index (χ4n) is 6.42. The zero-order valence-electron chi connectivity index (χ0n) is 39.8. The molecule has 20 heteroatoms. The summed E-state index contributed by atoms with van der Waals surface area (Å²) in [4.78, 5) is 21.8. The lowest BCUT2D eigenvalue weighted by atomic mass is 10.1. The lowest BCUT2D eigenvalue weighted by molar-refractivity contribution is -0.142. The molecule has 72 heavy (non-hydrogen) atoms. The van der Waals surface area contributed by atoms with Gasteiger partial charge in [0.15, 0.2) is 0 Å². The van der Waals surface area contributed by atoms with E-state index in [1.54, 1.807) is 72.8 Å². The van der Waals surface area contributed by atoms with Gasteiger partial charge in [-0.2, -0.15) is 0 Å². The maximum Gasteiger partial charge on any atom is 0.302 e. The lowest BCUT2D eigenvalue weighted by Gasteiger charge is -2.09. The molecule has 0 amide bonds. The number of carbonyl (C=O) groups is 2. The van der Waals surface area contributed by atoms with Gasteiger partial charge < -0.3 is 19.3 Å². The Morgan fingerprint density at radius 3 is 1.24 bits per heavy atom. The van der Waals surface area contributed by atoms with Crippen LogP contribution in [-0.2, 0) is 53.9 Å². The molecule has 6 rings (SSSR count). The second-order valence-electron chi connectivity index (χ2n) is 15.6. The Kier molecular flexibility index (Phi) is 24.8. The largest absolute Gasteiger partial charge is 0.466 e. The number of hydrogen-bond acceptors (Lipinski definition) is 12. The molecule has 0 fully saturated rings. The zero-order chi connectivity index (χ0) is 52.4. The molecular weight excluding hydrogens is 1050 g/mol. The van der Waals surface area contributed by atoms with E-state index in [1.165, 1.54) is 32.0 Å². The standard InChI is InChI=1S/C18H19BrFNO4S.C18H21NO4S.C16H19NO4S/c1-13(22)25-11-3-2-10-21-26(23,24)16-7-4-14(5-8-16)17-9-6-15(19)12-18(17)20;1-15(20)23-14-6-5-13-19-24(21,22)18-11-9-17(10-12-18)16-7-3-2-4-8-16;18-11-13-21-12-10-17-22(19,20)16-8-6-15(7-9-16)14-4-2-1-3-5-14/h4-9,12,21H,2-3,10-11H2,1H3;2-4,7-12,19H,5-6,13-14H2,1H3;1-9,17-18H,10-13H2. The number of ether oxygens (including phenoxy) is 3. The fraction of sp³-hybridized carbons (Fsp3) is 0.269. The molecule has 0 radical (unpaired) electrons. The van der Waals surface area contributed by atoms with Crippen LogP contribution in [0.4, 0.5) is 4.39 Å². The molecule has 0 heterocycles. The van der Waals surface area contributed by atoms with Crippen molar-refractivity contribution in [3.8, 4) is 33.4 Å². The maximum atomic E-state index is 14.0. The summed E-state index contributed by atoms with van der Waals surface area (Å²) < 4.78 is 110. The number of aliphatic hydroxyl groups excluding tert-OH is 1. The molecule has 6 aromatic carbocycles. The van der Waals surface area contributed by atoms with Crippen molar-refractivity contribution in [3.63, 3.8) is 0 Å². The molecule has 0 saturated carbocycles. The minimum atomic E-state index is -3.64. The molecule has 0 aromatic heterocycles. The van der Waals surface area contributed by atoms with Crippen LogP contribution >= 0.6 is 15.9 Å². The summed E-state index contributed by atoms with van der Waals surface area (Å²) in [7, 11) is -10.7. The van der Waals surface area contributed by atoms with Crippen molar-refractivity contribution in [3.05, 3.63) is 162 Å². The summed E-state index contributed by atoms with van der Waals surface area (Å²) in [6, 6.07) is 43.8. The van der Waals surface area contributed by atoms with Gasteiger partial charge in [-0.05, 0) is 102 Å². The summed E-state index contributed by atoms with van der Waals surface area (Å²) >= 11 is 3.20. The van der Waals surface area contributed by atoms with Crippen molar-refractivity contribution in [2.45, 2.75) is 54.2 Å². The first-order valence-corrected chi connectivity index (χ1v) is 28.0. The van der Waals surface area contributed by atoms with E-state index in [0.717, 1.165) is 22.3 Å². The number of nitrogens with one attached hydrogen (secondary N) is 3. The maximum absolute atomic E-state index is 14.0. The molecule has 0 aliphatic heterocycles. The van der Waals surface area contributed by atoms with Crippen molar-refractivity contribution < 1.29 is 58.5 Å². The highest BCUT2D eigenvalue weighted by Gasteiger charge is 2.16. The molecular formula is C52H59BrFN3O12S3. The first kappa shape index (κ1) is 58.9. The summed E-state index contributed by atoms with van der Waals surface area (Å²) in [5, 5.41) is 8.56. The van der Waals surface area contributed by atoms with Crippen LogP contribution in [0.3, 0.4) is 0 Å². The highest BCUT2D eigenvalue weighted by Crippen LogP contribution is 2.27. The minimum absolute atomic E-state index is 0.0757. The van der Waals surface area contributed by atoms with Crippen LogP contribution < -0.4 is 14.2 Å². The molecule has 0 aliphatic rings. The first-order chi connectivity index (χ1) is 34.4. The molecule has 0 unspecified atom stereocenters. The third kappa shape index (κ3) is 20.8. The van der Waals surface area contributed by atoms with Gasteiger partial charge in [0.05, 0.1) is 47.7 Å². The van der Waals surface area contributed by atoms with Crippen molar-refractivity contribution in [1.82, 2.24) is 14.2 Å². The van der Waals surface area contributed by atoms with Gasteiger partial charge in [-0.25, -0.2) is 43.8 Å². The monoisotopic (exact) mass is 1110 g/mol. The quantitative estimate of drug-likeness (QED) is 0.0331. The van der Waals surface area contributed by atoms with E-state index in [1.807, 2.05) is 60.7 Å². The number of rotatable bonds is 24. The molecule has 15 nitrogen and oxygen atoms in total. The molecule has 6 aromatic rings. The van der Waals surface area contributed by atoms with Crippen molar-refractivity contribution in [1.29, 1.82) is 0 Å². The van der Waals surface area contributed by atoms with E-state index in [9.17, 15) is 39.2 Å². The SMILES string of the molecule is CC(=O)OCCCCNS(=O)(=O)c1ccc(-c2ccc(Br)cc2F)cc1.CC(=O)OCCCCNS(=O)(=O)c1ccc(-c2ccccc2)cc1.O=S(=O)(NCCOCCO)c1ccc(-c2ccccc2)cc1. The number of carbonyl (C=O) groups excluding carboxylic acids is 2. The number of hydrogen-bond donors (Lipinski definition) is 4. The van der Waals surface area contributed by atoms with E-state index in [-0.39, 0.29) is 72.0 Å². The van der Waals surface area contributed by atoms with Gasteiger partial charge in [-0.1, -0.05) is 119 Å². The van der Waals surface area contributed by atoms with Crippen LogP contribution in [0, 0.1) is 5.82 Å². The third-order valence-corrected chi connectivity index (χ3v) is 15.0. The van der Waals surface area contributed by atoms with E-state index in [2.05, 4.69) is 30.1 Å². The van der Waals surface area contributed by atoms with Crippen LogP contribution in [0.5, 0.6) is 0 Å². The fourth-order valence-corrected chi connectivity index (χ4v) is 9.91. The van der Waals surface area contributed by atoms with Crippen LogP contribution in [0.25, 0.3) is 33.4 Å². The Balaban J connectivity index is 0.000000235. The number of sulfonamides is 3. The number of esters is 2. The molecule has 0 aliphatic carbocycles. The first-order valence-electron chi connectivity index (χ1n) is 22.7. The molecule has 386 valence electrons. The number of aliphatic hydroxyl groups is 1. The highest BCUT2D eigenvalue weighted by atomic mass is 79.9. The van der Waals surface area contributed by atoms with Crippen molar-refractivity contribution >= 4 is 57.9 Å². The molecule has 0 spiro atoms. The topological polar surface area (TPSA) is 221 Å². The Hall–Kier alpha value is -5.68. The van der Waals surface area contributed by atoms with Crippen LogP contribution in [0.2, 0.25) is 0 Å². The minimum Gasteiger partial charge on any atom is -0.466 e. The van der Waals surface area contributed by atoms with Gasteiger partial charge in [0, 0.05) is 43.5 Å². The molecule has 0 saturated heterocycles. The second-order valence-corrected chi connectivity index (χ2v) is 21.8. The summed E-state index contributed by atoms with van der Waals surface area (Å²) in [6.45, 7) is 4.32. The van der Waals surface area contributed by atoms with E-state index >= 15 is 0 Å². The normalized spacial score (nSPS) is 11.3. The average molecular weight is 1110 g/mol. The molecule has 4 N–H and O–H groups in total. The van der Waals surface area contributed by atoms with Gasteiger partial charge in [-0.3, -0.25) is 9.59 Å². The van der Waals surface area contributed by atoms with E-state index in [0.29, 0.717) is 54.4 Å². The summed E-state index contributed by atoms with van der Waals surface area (Å²) in [5.41, 5.74) is 5.00. The predicted octanol–water partition coefficient (Wildman–Crippen LogP) is 8.49. The van der Waals surface area contributed by atoms with Crippen LogP contribution in [-0.4, -0.2) is 95.0 Å². The Morgan fingerprint density at radius 2 is 0.861 bits per heavy atom. The highest BCUT2D eigenvalue weighted by molar-refractivity contribution is 9.10. The van der Waals surface area contributed by atoms with Crippen LogP contribution in [0.1, 0.15) is 39.5 Å². The molecule has 0 bridgehead atoms. The summed E-state index contributed by atoms with van der Waals surface area (Å²) in [6.07, 6.45) is 2.35. The number of benzene rings is 6. The number of halogens is 2. The van der Waals surface area contributed by atoms with Crippen molar-refractivity contribution in [2.24, 2.45) is 0 Å². The zero-order valence-corrected chi connectivity index (χ0v) is 43.9. The van der Waals surface area contributed by atoms with Gasteiger partial charge in [0.25, 0.3) is 0 Å². The smallest absolute Gasteiger partial charge is 0.302 e. The van der Waals surface area contributed by atoms with Gasteiger partial charge >= 0.3 is 11.9 Å². The van der Waals surface area contributed by atoms with Gasteiger partial charge in [0.1, 0.15) is 5.82 Å². The number of unbranched alkanes of at least 4 members (excludes halogenated alkanes) is 2. The Labute approximate surface area is 430 Å². The Bertz CT molecular complexity index is 2940. The predicted molar refractivity (Wildman–Crippen MR) is 278 cm³/mol. The van der Waals surface area contributed by atoms with E-state index in [4.69, 9.17) is 19.3 Å². The van der Waals surface area contributed by atoms with Gasteiger partial charge in [-0.15, -0.1) is 0 Å².